The van der Waals surface area contributed by atoms with Crippen LogP contribution in [0, 0.1) is 5.39 Å². The molecule has 0 amide bonds. The summed E-state index contributed by atoms with van der Waals surface area (Å²) in [6.45, 7) is 0. The number of sulfonamides is 1. The molecular weight excluding hydrogens is 178 g/mol. The molecule has 0 heterocycles. The molecule has 0 atom stereocenters. The van der Waals surface area contributed by atoms with Crippen LogP contribution in [0.1, 0.15) is 0 Å². The van der Waals surface area contributed by atoms with Crippen LogP contribution in [0.4, 0.5) is 5.69 Å². The van der Waals surface area contributed by atoms with E-state index in [9.17, 15) is 8.42 Å². The largest absolute Gasteiger partial charge is 0.552 e. The number of hydrogen-bond acceptors (Lipinski definition) is 4. The first-order valence-corrected chi connectivity index (χ1v) is 4.47. The summed E-state index contributed by atoms with van der Waals surface area (Å²) in [5.41, 5.74) is 5.77. The van der Waals surface area contributed by atoms with Crippen LogP contribution in [0.3, 0.4) is 0 Å². The summed E-state index contributed by atoms with van der Waals surface area (Å²) in [5, 5.41) is 8.12. The third-order valence-corrected chi connectivity index (χ3v) is 2.37. The van der Waals surface area contributed by atoms with Gasteiger partial charge in [-0.15, -0.1) is 8.42 Å². The number of anilines is 1. The van der Waals surface area contributed by atoms with Crippen LogP contribution in [0.15, 0.2) is 29.2 Å². The lowest BCUT2D eigenvalue weighted by Crippen LogP contribution is -1.93. The minimum Gasteiger partial charge on any atom is -0.399 e. The van der Waals surface area contributed by atoms with Gasteiger partial charge in [0.25, 0.3) is 4.38 Å². The third kappa shape index (κ3) is 1.52. The van der Waals surface area contributed by atoms with E-state index in [1.54, 1.807) is 0 Å². The van der Waals surface area contributed by atoms with E-state index < -0.39 is 10.0 Å². The van der Waals surface area contributed by atoms with Crippen LogP contribution in [0.25, 0.3) is 4.38 Å². The molecule has 0 saturated heterocycles. The highest BCUT2D eigenvalue weighted by Crippen LogP contribution is 2.13. The van der Waals surface area contributed by atoms with Crippen molar-refractivity contribution in [2.24, 2.45) is 0 Å². The zero-order chi connectivity index (χ0) is 9.19. The molecule has 2 N–H and O–H groups in total. The smallest absolute Gasteiger partial charge is 0.399 e. The minimum absolute atomic E-state index is 0.0841. The molecule has 0 bridgehead atoms. The molecular formula is C6H6N3O2S+. The van der Waals surface area contributed by atoms with Crippen LogP contribution in [0.2, 0.25) is 0 Å². The van der Waals surface area contributed by atoms with E-state index in [0.29, 0.717) is 5.69 Å². The second kappa shape index (κ2) is 2.79. The number of rotatable bonds is 1. The molecule has 0 spiro atoms. The van der Waals surface area contributed by atoms with Crippen molar-refractivity contribution in [3.05, 3.63) is 28.6 Å². The highest BCUT2D eigenvalue weighted by atomic mass is 32.2. The summed E-state index contributed by atoms with van der Waals surface area (Å²) in [6, 6.07) is 5.37. The number of nitrogens with two attached hydrogens (primary N) is 1. The predicted octanol–water partition coefficient (Wildman–Crippen LogP) is 0.811. The van der Waals surface area contributed by atoms with E-state index in [-0.39, 0.29) is 4.90 Å². The fourth-order valence-electron chi connectivity index (χ4n) is 0.687. The normalized spacial score (nSPS) is 10.6. The van der Waals surface area contributed by atoms with Gasteiger partial charge in [0.2, 0.25) is 5.39 Å². The Bertz CT molecular complexity index is 415. The zero-order valence-electron chi connectivity index (χ0n) is 6.01. The number of benzene rings is 1. The lowest BCUT2D eigenvalue weighted by Gasteiger charge is -1.89. The van der Waals surface area contributed by atoms with Crippen molar-refractivity contribution in [1.29, 1.82) is 5.39 Å². The van der Waals surface area contributed by atoms with Gasteiger partial charge in [-0.2, -0.15) is 0 Å². The van der Waals surface area contributed by atoms with Crippen molar-refractivity contribution in [1.82, 2.24) is 0 Å². The Kier molecular flexibility index (Phi) is 1.97. The summed E-state index contributed by atoms with van der Waals surface area (Å²) in [5.74, 6) is 0. The standard InChI is InChI=1S/C6H6N3O2S/c7-5-1-3-6(4-2-5)12(10,11)9-8/h1-4H,7H2/q+1. The number of nitrogens with zero attached hydrogens (tertiary/aromatic N) is 2. The second-order valence-corrected chi connectivity index (χ2v) is 3.71. The van der Waals surface area contributed by atoms with Crippen molar-refractivity contribution in [2.75, 3.05) is 5.73 Å². The van der Waals surface area contributed by atoms with Crippen LogP contribution >= 0.6 is 0 Å². The topological polar surface area (TPSA) is 88.3 Å². The van der Waals surface area contributed by atoms with Gasteiger partial charge in [0.05, 0.1) is 0 Å². The molecule has 0 aliphatic heterocycles. The quantitative estimate of drug-likeness (QED) is 0.516. The summed E-state index contributed by atoms with van der Waals surface area (Å²) in [4.78, 5) is -0.0841. The van der Waals surface area contributed by atoms with Crippen LogP contribution in [-0.4, -0.2) is 8.42 Å². The first-order valence-electron chi connectivity index (χ1n) is 3.03. The first kappa shape index (κ1) is 8.49. The van der Waals surface area contributed by atoms with E-state index in [1.165, 1.54) is 24.3 Å². The van der Waals surface area contributed by atoms with E-state index in [4.69, 9.17) is 11.1 Å². The van der Waals surface area contributed by atoms with Crippen LogP contribution < -0.4 is 5.73 Å². The molecule has 0 aliphatic rings. The van der Waals surface area contributed by atoms with Crippen molar-refractivity contribution in [2.45, 2.75) is 4.90 Å². The van der Waals surface area contributed by atoms with Gasteiger partial charge in [-0.1, -0.05) is 0 Å². The summed E-state index contributed by atoms with van der Waals surface area (Å²) in [7, 11) is -3.89. The number of nitrogen functional groups attached to an aromatic ring is 1. The Morgan fingerprint density at radius 2 is 1.75 bits per heavy atom. The van der Waals surface area contributed by atoms with Gasteiger partial charge in [0.1, 0.15) is 0 Å². The van der Waals surface area contributed by atoms with Gasteiger partial charge in [-0.25, -0.2) is 0 Å². The van der Waals surface area contributed by atoms with E-state index >= 15 is 0 Å². The highest BCUT2D eigenvalue weighted by molar-refractivity contribution is 7.93. The molecule has 0 aliphatic carbocycles. The average molecular weight is 184 g/mol. The van der Waals surface area contributed by atoms with Gasteiger partial charge in [-0.3, -0.25) is 0 Å². The molecule has 1 aromatic rings. The van der Waals surface area contributed by atoms with Crippen LogP contribution in [0.5, 0.6) is 0 Å². The maximum absolute atomic E-state index is 10.9. The molecule has 12 heavy (non-hydrogen) atoms. The van der Waals surface area contributed by atoms with Gasteiger partial charge in [0, 0.05) is 5.69 Å². The number of hydrogen-bond donors (Lipinski definition) is 1. The molecule has 62 valence electrons. The molecule has 0 fully saturated rings. The second-order valence-electron chi connectivity index (χ2n) is 2.13. The molecule has 5 nitrogen and oxygen atoms in total. The monoisotopic (exact) mass is 184 g/mol. The van der Waals surface area contributed by atoms with Gasteiger partial charge in [0.15, 0.2) is 4.90 Å². The Balaban J connectivity index is 3.26. The molecule has 0 radical (unpaired) electrons. The fraction of sp³-hybridized carbons (Fsp3) is 0. The van der Waals surface area contributed by atoms with Gasteiger partial charge >= 0.3 is 10.0 Å². The minimum atomic E-state index is -3.89. The SMILES string of the molecule is N#[N+]S(=O)(=O)c1ccc(N)cc1. The Morgan fingerprint density at radius 3 is 2.17 bits per heavy atom. The maximum Gasteiger partial charge on any atom is 0.552 e. The molecule has 1 rings (SSSR count). The molecule has 0 saturated carbocycles. The van der Waals surface area contributed by atoms with E-state index in [1.807, 2.05) is 0 Å². The molecule has 1 aromatic carbocycles. The predicted molar refractivity (Wildman–Crippen MR) is 43.1 cm³/mol. The third-order valence-electron chi connectivity index (χ3n) is 1.29. The lowest BCUT2D eigenvalue weighted by atomic mass is 10.3. The summed E-state index contributed by atoms with van der Waals surface area (Å²) < 4.78 is 24.0. The average Bonchev–Trinajstić information content (AvgIpc) is 2.05. The van der Waals surface area contributed by atoms with E-state index in [0.717, 1.165) is 0 Å². The van der Waals surface area contributed by atoms with Crippen molar-refractivity contribution >= 4 is 15.7 Å². The van der Waals surface area contributed by atoms with E-state index in [2.05, 4.69) is 4.38 Å². The molecule has 0 unspecified atom stereocenters. The fourth-order valence-corrected chi connectivity index (χ4v) is 1.26. The first-order chi connectivity index (χ1) is 5.56. The Hall–Kier alpha value is -1.61. The Morgan fingerprint density at radius 1 is 1.25 bits per heavy atom. The van der Waals surface area contributed by atoms with Crippen molar-refractivity contribution in [3.63, 3.8) is 0 Å². The van der Waals surface area contributed by atoms with Crippen molar-refractivity contribution < 1.29 is 8.42 Å². The summed E-state index contributed by atoms with van der Waals surface area (Å²) >= 11 is 0. The Labute approximate surface area is 69.5 Å². The van der Waals surface area contributed by atoms with Gasteiger partial charge in [-0.05, 0) is 24.3 Å². The summed E-state index contributed by atoms with van der Waals surface area (Å²) in [6.07, 6.45) is 0. The maximum atomic E-state index is 10.9. The molecule has 6 heteroatoms. The van der Waals surface area contributed by atoms with Gasteiger partial charge < -0.3 is 5.73 Å². The molecule has 0 aromatic heterocycles. The number of diazo groups is 1. The lowest BCUT2D eigenvalue weighted by molar-refractivity contribution is 0.603. The highest BCUT2D eigenvalue weighted by Gasteiger charge is 2.25. The zero-order valence-corrected chi connectivity index (χ0v) is 6.82. The van der Waals surface area contributed by atoms with Crippen molar-refractivity contribution in [3.8, 4) is 0 Å². The van der Waals surface area contributed by atoms with Crippen LogP contribution in [-0.2, 0) is 10.0 Å².